The molecule has 1 aromatic rings. The third-order valence-electron chi connectivity index (χ3n) is 0.958. The molecule has 0 atom stereocenters. The maximum absolute atomic E-state index is 4.54. The van der Waals surface area contributed by atoms with Crippen LogP contribution in [0.1, 0.15) is 0 Å². The molecule has 45 valence electrons. The lowest BCUT2D eigenvalue weighted by atomic mass is 10.3. The second-order valence-electron chi connectivity index (χ2n) is 1.57. The van der Waals surface area contributed by atoms with E-state index in [1.807, 2.05) is 30.3 Å². The summed E-state index contributed by atoms with van der Waals surface area (Å²) in [6.07, 6.45) is 0. The van der Waals surface area contributed by atoms with Crippen molar-refractivity contribution in [1.82, 2.24) is 5.32 Å². The molecule has 0 aliphatic heterocycles. The first-order chi connectivity index (χ1) is 4.43. The van der Waals surface area contributed by atoms with Crippen LogP contribution in [0.3, 0.4) is 0 Å². The second kappa shape index (κ2) is 3.20. The van der Waals surface area contributed by atoms with Crippen molar-refractivity contribution in [2.75, 3.05) is 0 Å². The normalized spacial score (nSPS) is 8.44. The number of benzene rings is 1. The third-order valence-corrected chi connectivity index (χ3v) is 1.06. The lowest BCUT2D eigenvalue weighted by molar-refractivity contribution is 1.32. The summed E-state index contributed by atoms with van der Waals surface area (Å²) in [6.45, 7) is 0. The minimum Gasteiger partial charge on any atom is -0.245 e. The first kappa shape index (κ1) is 6.23. The Balaban J connectivity index is 2.72. The van der Waals surface area contributed by atoms with Gasteiger partial charge in [-0.25, -0.2) is 5.32 Å². The fourth-order valence-electron chi connectivity index (χ4n) is 0.575. The molecule has 1 nitrogen and oxygen atoms in total. The quantitative estimate of drug-likeness (QED) is 0.566. The topological polar surface area (TPSA) is 14.1 Å². The highest BCUT2D eigenvalue weighted by atomic mass is 32.1. The van der Waals surface area contributed by atoms with Gasteiger partial charge in [0, 0.05) is 0 Å². The Kier molecular flexibility index (Phi) is 2.22. The second-order valence-corrected chi connectivity index (χ2v) is 1.78. The van der Waals surface area contributed by atoms with Crippen LogP contribution in [0.25, 0.3) is 0 Å². The monoisotopic (exact) mass is 136 g/mol. The maximum Gasteiger partial charge on any atom is 0.0904 e. The molecule has 0 spiro atoms. The van der Waals surface area contributed by atoms with E-state index < -0.39 is 0 Å². The number of hydrogen-bond donors (Lipinski definition) is 0. The van der Waals surface area contributed by atoms with Gasteiger partial charge >= 0.3 is 0 Å². The third kappa shape index (κ3) is 1.82. The van der Waals surface area contributed by atoms with Crippen LogP contribution in [0, 0.1) is 0 Å². The van der Waals surface area contributed by atoms with Gasteiger partial charge < -0.3 is 0 Å². The van der Waals surface area contributed by atoms with E-state index in [-0.39, 0.29) is 0 Å². The van der Waals surface area contributed by atoms with E-state index in [4.69, 9.17) is 0 Å². The van der Waals surface area contributed by atoms with Crippen LogP contribution in [0.5, 0.6) is 0 Å². The minimum atomic E-state index is 0.910. The Morgan fingerprint density at radius 1 is 1.22 bits per heavy atom. The van der Waals surface area contributed by atoms with Gasteiger partial charge in [0.1, 0.15) is 0 Å². The Morgan fingerprint density at radius 2 is 1.89 bits per heavy atom. The first-order valence-corrected chi connectivity index (χ1v) is 3.10. The van der Waals surface area contributed by atoms with Crippen LogP contribution < -0.4 is 5.32 Å². The Morgan fingerprint density at radius 3 is 2.44 bits per heavy atom. The molecule has 0 aromatic heterocycles. The summed E-state index contributed by atoms with van der Waals surface area (Å²) < 4.78 is 0. The van der Waals surface area contributed by atoms with Crippen molar-refractivity contribution >= 4 is 23.4 Å². The molecule has 9 heavy (non-hydrogen) atoms. The van der Waals surface area contributed by atoms with Gasteiger partial charge in [-0.05, 0) is 12.1 Å². The summed E-state index contributed by atoms with van der Waals surface area (Å²) >= 11 is 4.54. The Bertz CT molecular complexity index is 183. The number of nitrogens with zero attached hydrogens (tertiary/aromatic N) is 1. The van der Waals surface area contributed by atoms with E-state index >= 15 is 0 Å². The molecule has 0 amide bonds. The molecular weight excluding hydrogens is 130 g/mol. The molecule has 1 aromatic carbocycles. The van der Waals surface area contributed by atoms with Gasteiger partial charge in [0.05, 0.1) is 11.2 Å². The van der Waals surface area contributed by atoms with Crippen LogP contribution in [0.2, 0.25) is 0 Å². The summed E-state index contributed by atoms with van der Waals surface area (Å²) in [6, 6.07) is 9.61. The molecule has 0 fully saturated rings. The largest absolute Gasteiger partial charge is 0.245 e. The summed E-state index contributed by atoms with van der Waals surface area (Å²) in [7, 11) is 0. The number of thiocarbonyl (C=S) groups is 1. The van der Waals surface area contributed by atoms with Crippen molar-refractivity contribution in [2.45, 2.75) is 0 Å². The van der Waals surface area contributed by atoms with Crippen LogP contribution in [0.4, 0.5) is 5.69 Å². The fourth-order valence-corrected chi connectivity index (χ4v) is 0.697. The Labute approximate surface area is 59.7 Å². The highest BCUT2D eigenvalue weighted by Gasteiger charge is 1.83. The van der Waals surface area contributed by atoms with Crippen molar-refractivity contribution in [1.29, 1.82) is 0 Å². The standard InChI is InChI=1S/C7H6NS/c9-6-8-7-4-2-1-3-5-7/h1-6H. The van der Waals surface area contributed by atoms with Crippen molar-refractivity contribution in [3.63, 3.8) is 0 Å². The van der Waals surface area contributed by atoms with Crippen molar-refractivity contribution < 1.29 is 0 Å². The van der Waals surface area contributed by atoms with E-state index in [1.165, 1.54) is 5.49 Å². The van der Waals surface area contributed by atoms with E-state index in [1.54, 1.807) is 0 Å². The van der Waals surface area contributed by atoms with Crippen LogP contribution >= 0.6 is 12.2 Å². The smallest absolute Gasteiger partial charge is 0.0904 e. The van der Waals surface area contributed by atoms with Gasteiger partial charge in [-0.2, -0.15) is 0 Å². The predicted octanol–water partition coefficient (Wildman–Crippen LogP) is 1.88. The highest BCUT2D eigenvalue weighted by Crippen LogP contribution is 2.02. The molecule has 1 rings (SSSR count). The van der Waals surface area contributed by atoms with Gasteiger partial charge in [-0.1, -0.05) is 30.4 Å². The zero-order chi connectivity index (χ0) is 6.53. The summed E-state index contributed by atoms with van der Waals surface area (Å²) in [5.74, 6) is 0. The first-order valence-electron chi connectivity index (χ1n) is 2.63. The minimum absolute atomic E-state index is 0.910. The van der Waals surface area contributed by atoms with Crippen LogP contribution in [-0.2, 0) is 0 Å². The highest BCUT2D eigenvalue weighted by molar-refractivity contribution is 7.78. The molecule has 1 radical (unpaired) electrons. The molecule has 2 heteroatoms. The number of para-hydroxylation sites is 1. The molecule has 0 saturated carbocycles. The van der Waals surface area contributed by atoms with Gasteiger partial charge in [0.2, 0.25) is 0 Å². The van der Waals surface area contributed by atoms with Crippen LogP contribution in [-0.4, -0.2) is 5.49 Å². The lowest BCUT2D eigenvalue weighted by Crippen LogP contribution is -1.87. The summed E-state index contributed by atoms with van der Waals surface area (Å²) in [5.41, 5.74) is 2.28. The van der Waals surface area contributed by atoms with E-state index in [9.17, 15) is 0 Å². The van der Waals surface area contributed by atoms with Crippen molar-refractivity contribution in [3.8, 4) is 0 Å². The fraction of sp³-hybridized carbons (Fsp3) is 0. The van der Waals surface area contributed by atoms with E-state index in [0.29, 0.717) is 0 Å². The molecule has 0 aliphatic carbocycles. The van der Waals surface area contributed by atoms with Gasteiger partial charge in [0.15, 0.2) is 0 Å². The average molecular weight is 136 g/mol. The van der Waals surface area contributed by atoms with Gasteiger partial charge in [-0.15, -0.1) is 0 Å². The molecule has 0 heterocycles. The number of hydrogen-bond acceptors (Lipinski definition) is 1. The zero-order valence-electron chi connectivity index (χ0n) is 4.82. The Hall–Kier alpha value is -0.890. The molecule has 0 saturated heterocycles. The van der Waals surface area contributed by atoms with Crippen molar-refractivity contribution in [3.05, 3.63) is 30.3 Å². The van der Waals surface area contributed by atoms with Crippen molar-refractivity contribution in [2.24, 2.45) is 0 Å². The maximum atomic E-state index is 4.54. The molecule has 0 N–H and O–H groups in total. The SMILES string of the molecule is S=C[N]c1ccccc1. The molecule has 0 unspecified atom stereocenters. The summed E-state index contributed by atoms with van der Waals surface area (Å²) in [4.78, 5) is 0. The predicted molar refractivity (Wildman–Crippen MR) is 41.9 cm³/mol. The molecular formula is C7H6NS. The zero-order valence-corrected chi connectivity index (χ0v) is 5.64. The summed E-state index contributed by atoms with van der Waals surface area (Å²) in [5, 5.41) is 3.90. The van der Waals surface area contributed by atoms with Crippen LogP contribution in [0.15, 0.2) is 30.3 Å². The van der Waals surface area contributed by atoms with E-state index in [2.05, 4.69) is 17.5 Å². The molecule has 0 aliphatic rings. The average Bonchev–Trinajstić information content (AvgIpc) is 1.91. The molecule has 0 bridgehead atoms. The number of rotatable bonds is 2. The lowest BCUT2D eigenvalue weighted by Gasteiger charge is -1.90. The van der Waals surface area contributed by atoms with E-state index in [0.717, 1.165) is 5.69 Å². The van der Waals surface area contributed by atoms with Gasteiger partial charge in [0.25, 0.3) is 0 Å². The van der Waals surface area contributed by atoms with Gasteiger partial charge in [-0.3, -0.25) is 0 Å².